The third-order valence-electron chi connectivity index (χ3n) is 3.52. The summed E-state index contributed by atoms with van der Waals surface area (Å²) in [5.41, 5.74) is -0.376. The summed E-state index contributed by atoms with van der Waals surface area (Å²) in [6.45, 7) is 4.23. The van der Waals surface area contributed by atoms with Gasteiger partial charge in [-0.25, -0.2) is 9.78 Å². The van der Waals surface area contributed by atoms with Crippen LogP contribution in [-0.4, -0.2) is 31.1 Å². The highest BCUT2D eigenvalue weighted by Gasteiger charge is 2.21. The van der Waals surface area contributed by atoms with Gasteiger partial charge in [0.05, 0.1) is 6.33 Å². The van der Waals surface area contributed by atoms with E-state index >= 15 is 0 Å². The molecule has 2 heterocycles. The number of aromatic nitrogens is 4. The third kappa shape index (κ3) is 2.37. The highest BCUT2D eigenvalue weighted by atomic mass is 16.2. The minimum Gasteiger partial charge on any atom is -0.354 e. The number of amides is 1. The number of carbonyl (C=O) groups excluding carboxylic acids is 1. The Morgan fingerprint density at radius 2 is 2.00 bits per heavy atom. The van der Waals surface area contributed by atoms with Gasteiger partial charge in [-0.05, 0) is 13.3 Å². The highest BCUT2D eigenvalue weighted by Crippen LogP contribution is 2.13. The predicted molar refractivity (Wildman–Crippen MR) is 78.2 cm³/mol. The van der Waals surface area contributed by atoms with Gasteiger partial charge < -0.3 is 9.88 Å². The summed E-state index contributed by atoms with van der Waals surface area (Å²) in [4.78, 5) is 40.3. The van der Waals surface area contributed by atoms with Crippen molar-refractivity contribution in [2.45, 2.75) is 26.3 Å². The molecule has 0 aliphatic rings. The molecule has 21 heavy (non-hydrogen) atoms. The van der Waals surface area contributed by atoms with Crippen LogP contribution in [0.25, 0.3) is 11.2 Å². The minimum atomic E-state index is -0.577. The van der Waals surface area contributed by atoms with Crippen LogP contribution in [0.2, 0.25) is 0 Å². The SMILES string of the molecule is CCCNC(=O)C(C)n1cnc2c1c(=O)n(C)c(=O)n2C. The molecule has 0 aliphatic heterocycles. The number of hydrogen-bond acceptors (Lipinski definition) is 4. The Hall–Kier alpha value is -2.38. The summed E-state index contributed by atoms with van der Waals surface area (Å²) in [5, 5.41) is 2.78. The summed E-state index contributed by atoms with van der Waals surface area (Å²) in [7, 11) is 2.95. The lowest BCUT2D eigenvalue weighted by molar-refractivity contribution is -0.123. The number of hydrogen-bond donors (Lipinski definition) is 1. The van der Waals surface area contributed by atoms with E-state index in [4.69, 9.17) is 0 Å². The van der Waals surface area contributed by atoms with Gasteiger partial charge in [0.25, 0.3) is 5.56 Å². The molecule has 0 aliphatic carbocycles. The Kier molecular flexibility index (Phi) is 3.97. The molecule has 0 saturated heterocycles. The van der Waals surface area contributed by atoms with Crippen LogP contribution in [-0.2, 0) is 18.9 Å². The molecule has 1 amide bonds. The molecule has 114 valence electrons. The van der Waals surface area contributed by atoms with Gasteiger partial charge >= 0.3 is 5.69 Å². The van der Waals surface area contributed by atoms with Crippen LogP contribution in [0.5, 0.6) is 0 Å². The molecule has 2 aromatic rings. The van der Waals surface area contributed by atoms with Crippen molar-refractivity contribution in [1.82, 2.24) is 24.0 Å². The number of nitrogens with one attached hydrogen (secondary N) is 1. The molecule has 0 radical (unpaired) electrons. The topological polar surface area (TPSA) is 90.9 Å². The number of carbonyl (C=O) groups is 1. The summed E-state index contributed by atoms with van der Waals surface area (Å²) < 4.78 is 3.81. The van der Waals surface area contributed by atoms with E-state index in [0.717, 1.165) is 11.0 Å². The molecule has 0 fully saturated rings. The lowest BCUT2D eigenvalue weighted by atomic mass is 10.3. The molecule has 0 bridgehead atoms. The largest absolute Gasteiger partial charge is 0.354 e. The second-order valence-corrected chi connectivity index (χ2v) is 5.00. The number of rotatable bonds is 4. The van der Waals surface area contributed by atoms with E-state index in [1.54, 1.807) is 14.0 Å². The summed E-state index contributed by atoms with van der Waals surface area (Å²) in [5.74, 6) is -0.188. The normalized spacial score (nSPS) is 12.6. The van der Waals surface area contributed by atoms with Gasteiger partial charge in [-0.3, -0.25) is 18.7 Å². The van der Waals surface area contributed by atoms with E-state index in [1.807, 2.05) is 6.92 Å². The molecular formula is C13H19N5O3. The van der Waals surface area contributed by atoms with Crippen LogP contribution in [0.4, 0.5) is 0 Å². The molecule has 1 atom stereocenters. The molecule has 2 rings (SSSR count). The fraction of sp³-hybridized carbons (Fsp3) is 0.538. The average Bonchev–Trinajstić information content (AvgIpc) is 2.92. The van der Waals surface area contributed by atoms with Crippen molar-refractivity contribution >= 4 is 17.1 Å². The number of imidazole rings is 1. The van der Waals surface area contributed by atoms with Crippen molar-refractivity contribution < 1.29 is 4.79 Å². The zero-order chi connectivity index (χ0) is 15.7. The minimum absolute atomic E-state index is 0.188. The van der Waals surface area contributed by atoms with Gasteiger partial charge in [0, 0.05) is 20.6 Å². The molecule has 1 unspecified atom stereocenters. The highest BCUT2D eigenvalue weighted by molar-refractivity contribution is 5.82. The van der Waals surface area contributed by atoms with Crippen LogP contribution in [0.1, 0.15) is 26.3 Å². The smallest absolute Gasteiger partial charge is 0.332 e. The van der Waals surface area contributed by atoms with E-state index in [0.29, 0.717) is 6.54 Å². The first-order chi connectivity index (χ1) is 9.90. The van der Waals surface area contributed by atoms with Gasteiger partial charge in [0.2, 0.25) is 5.91 Å². The standard InChI is InChI=1S/C13H19N5O3/c1-5-6-14-11(19)8(2)18-7-15-10-9(18)12(20)17(4)13(21)16(10)3/h7-8H,5-6H2,1-4H3,(H,14,19). The van der Waals surface area contributed by atoms with E-state index in [9.17, 15) is 14.4 Å². The summed E-state index contributed by atoms with van der Waals surface area (Å²) in [6, 6.07) is -0.577. The van der Waals surface area contributed by atoms with Gasteiger partial charge in [0.1, 0.15) is 6.04 Å². The molecule has 0 spiro atoms. The quantitative estimate of drug-likeness (QED) is 0.824. The van der Waals surface area contributed by atoms with Gasteiger partial charge in [-0.2, -0.15) is 0 Å². The maximum absolute atomic E-state index is 12.3. The van der Waals surface area contributed by atoms with Crippen molar-refractivity contribution in [2.24, 2.45) is 14.1 Å². The second-order valence-electron chi connectivity index (χ2n) is 5.00. The molecule has 1 N–H and O–H groups in total. The van der Waals surface area contributed by atoms with Crippen molar-refractivity contribution in [2.75, 3.05) is 6.54 Å². The maximum atomic E-state index is 12.3. The molecular weight excluding hydrogens is 274 g/mol. The van der Waals surface area contributed by atoms with Gasteiger partial charge in [-0.1, -0.05) is 6.92 Å². The maximum Gasteiger partial charge on any atom is 0.332 e. The Morgan fingerprint density at radius 3 is 2.62 bits per heavy atom. The van der Waals surface area contributed by atoms with Crippen molar-refractivity contribution in [3.63, 3.8) is 0 Å². The van der Waals surface area contributed by atoms with Crippen LogP contribution in [0, 0.1) is 0 Å². The first-order valence-corrected chi connectivity index (χ1v) is 6.80. The molecule has 0 aromatic carbocycles. The number of aryl methyl sites for hydroxylation is 1. The van der Waals surface area contributed by atoms with E-state index < -0.39 is 17.3 Å². The van der Waals surface area contributed by atoms with Crippen LogP contribution >= 0.6 is 0 Å². The Bertz CT molecular complexity index is 798. The van der Waals surface area contributed by atoms with Crippen molar-refractivity contribution in [3.05, 3.63) is 27.2 Å². The monoisotopic (exact) mass is 293 g/mol. The van der Waals surface area contributed by atoms with E-state index in [-0.39, 0.29) is 17.1 Å². The van der Waals surface area contributed by atoms with Crippen LogP contribution in [0.3, 0.4) is 0 Å². The lowest BCUT2D eigenvalue weighted by Gasteiger charge is -2.14. The first-order valence-electron chi connectivity index (χ1n) is 6.80. The van der Waals surface area contributed by atoms with Crippen LogP contribution < -0.4 is 16.6 Å². The van der Waals surface area contributed by atoms with E-state index in [1.165, 1.54) is 22.5 Å². The fourth-order valence-corrected chi connectivity index (χ4v) is 2.18. The van der Waals surface area contributed by atoms with Crippen LogP contribution in [0.15, 0.2) is 15.9 Å². The summed E-state index contributed by atoms with van der Waals surface area (Å²) >= 11 is 0. The molecule has 0 saturated carbocycles. The zero-order valence-electron chi connectivity index (χ0n) is 12.6. The van der Waals surface area contributed by atoms with Gasteiger partial charge in [0.15, 0.2) is 11.2 Å². The Morgan fingerprint density at radius 1 is 1.33 bits per heavy atom. The van der Waals surface area contributed by atoms with Crippen molar-refractivity contribution in [3.8, 4) is 0 Å². The third-order valence-corrected chi connectivity index (χ3v) is 3.52. The number of fused-ring (bicyclic) bond motifs is 1. The average molecular weight is 293 g/mol. The molecule has 2 aromatic heterocycles. The predicted octanol–water partition coefficient (Wildman–Crippen LogP) is -0.479. The van der Waals surface area contributed by atoms with E-state index in [2.05, 4.69) is 10.3 Å². The lowest BCUT2D eigenvalue weighted by Crippen LogP contribution is -2.38. The summed E-state index contributed by atoms with van der Waals surface area (Å²) in [6.07, 6.45) is 2.25. The number of nitrogens with zero attached hydrogens (tertiary/aromatic N) is 4. The molecule has 8 heteroatoms. The first kappa shape index (κ1) is 15.0. The fourth-order valence-electron chi connectivity index (χ4n) is 2.18. The zero-order valence-corrected chi connectivity index (χ0v) is 12.6. The Labute approximate surface area is 121 Å². The van der Waals surface area contributed by atoms with Crippen molar-refractivity contribution in [1.29, 1.82) is 0 Å². The second kappa shape index (κ2) is 5.55. The molecule has 8 nitrogen and oxygen atoms in total. The van der Waals surface area contributed by atoms with Gasteiger partial charge in [-0.15, -0.1) is 0 Å². The Balaban J connectivity index is 2.60.